The van der Waals surface area contributed by atoms with Gasteiger partial charge in [-0.1, -0.05) is 24.0 Å². The van der Waals surface area contributed by atoms with Gasteiger partial charge in [0.25, 0.3) is 17.7 Å². The van der Waals surface area contributed by atoms with E-state index in [1.807, 2.05) is 4.57 Å². The molecule has 0 fully saturated rings. The van der Waals surface area contributed by atoms with E-state index in [0.29, 0.717) is 16.4 Å². The molecule has 40 heavy (non-hydrogen) atoms. The summed E-state index contributed by atoms with van der Waals surface area (Å²) in [7, 11) is 0. The summed E-state index contributed by atoms with van der Waals surface area (Å²) in [4.78, 5) is 37.1. The number of rotatable bonds is 5. The Kier molecular flexibility index (Phi) is 6.43. The van der Waals surface area contributed by atoms with Crippen molar-refractivity contribution in [3.63, 3.8) is 0 Å². The number of nitrogens with zero attached hydrogens (tertiary/aromatic N) is 4. The molecule has 1 atom stereocenters. The molecule has 0 saturated carbocycles. The molecule has 4 aromatic rings. The normalized spacial score (nSPS) is 14.9. The van der Waals surface area contributed by atoms with Crippen LogP contribution in [0.15, 0.2) is 54.3 Å². The summed E-state index contributed by atoms with van der Waals surface area (Å²) in [6.07, 6.45) is 4.85. The second kappa shape index (κ2) is 9.95. The highest BCUT2D eigenvalue weighted by molar-refractivity contribution is 7.13. The third-order valence-corrected chi connectivity index (χ3v) is 7.72. The summed E-state index contributed by atoms with van der Waals surface area (Å²) in [6.45, 7) is 1.48. The molecule has 202 valence electrons. The zero-order valence-electron chi connectivity index (χ0n) is 21.2. The van der Waals surface area contributed by atoms with Crippen LogP contribution in [-0.4, -0.2) is 31.2 Å². The van der Waals surface area contributed by atoms with Crippen LogP contribution in [-0.2, 0) is 30.2 Å². The average Bonchev–Trinajstić information content (AvgIpc) is 3.71. The predicted molar refractivity (Wildman–Crippen MR) is 142 cm³/mol. The van der Waals surface area contributed by atoms with Gasteiger partial charge in [0.1, 0.15) is 5.82 Å². The molecule has 2 aliphatic rings. The van der Waals surface area contributed by atoms with Crippen molar-refractivity contribution in [3.05, 3.63) is 99.3 Å². The SMILES string of the molecule is CC(F)(F)c1ccc(C#Cc2cc(F)c3c(c2)C(=O)N(C(C(=O)Nc2nccs2)c2ncn4c2CCC4)C3)cc1. The Labute approximate surface area is 231 Å². The molecule has 2 aliphatic heterocycles. The van der Waals surface area contributed by atoms with Gasteiger partial charge in [-0.25, -0.2) is 23.1 Å². The number of carbonyl (C=O) groups is 2. The first-order valence-electron chi connectivity index (χ1n) is 12.6. The van der Waals surface area contributed by atoms with Gasteiger partial charge in [0.2, 0.25) is 0 Å². The van der Waals surface area contributed by atoms with Crippen molar-refractivity contribution < 1.29 is 22.8 Å². The number of aromatic nitrogens is 3. The first kappa shape index (κ1) is 25.8. The van der Waals surface area contributed by atoms with Gasteiger partial charge in [0, 0.05) is 58.6 Å². The predicted octanol–water partition coefficient (Wildman–Crippen LogP) is 5.27. The lowest BCUT2D eigenvalue weighted by atomic mass is 10.0. The summed E-state index contributed by atoms with van der Waals surface area (Å²) in [5.41, 5.74) is 2.22. The second-order valence-electron chi connectivity index (χ2n) is 9.74. The fourth-order valence-corrected chi connectivity index (χ4v) is 5.59. The van der Waals surface area contributed by atoms with Gasteiger partial charge in [-0.3, -0.25) is 14.9 Å². The van der Waals surface area contributed by atoms with Crippen molar-refractivity contribution in [2.75, 3.05) is 5.32 Å². The Morgan fingerprint density at radius 2 is 1.93 bits per heavy atom. The number of carbonyl (C=O) groups excluding carboxylic acids is 2. The molecule has 2 aromatic carbocycles. The van der Waals surface area contributed by atoms with Gasteiger partial charge < -0.3 is 9.47 Å². The Balaban J connectivity index is 1.31. The molecule has 0 aliphatic carbocycles. The summed E-state index contributed by atoms with van der Waals surface area (Å²) in [6, 6.07) is 7.15. The van der Waals surface area contributed by atoms with E-state index >= 15 is 4.39 Å². The topological polar surface area (TPSA) is 80.1 Å². The lowest BCUT2D eigenvalue weighted by Crippen LogP contribution is -2.38. The number of aryl methyl sites for hydroxylation is 1. The molecule has 2 amide bonds. The fourth-order valence-electron chi connectivity index (χ4n) is 5.06. The number of halogens is 3. The van der Waals surface area contributed by atoms with Crippen LogP contribution in [0.2, 0.25) is 0 Å². The van der Waals surface area contributed by atoms with Gasteiger partial charge in [0.15, 0.2) is 11.2 Å². The average molecular weight is 562 g/mol. The number of fused-ring (bicyclic) bond motifs is 2. The van der Waals surface area contributed by atoms with Crippen molar-refractivity contribution in [1.29, 1.82) is 0 Å². The minimum atomic E-state index is -2.97. The summed E-state index contributed by atoms with van der Waals surface area (Å²) < 4.78 is 44.2. The molecule has 0 saturated heterocycles. The number of imidazole rings is 1. The Bertz CT molecular complexity index is 1680. The quantitative estimate of drug-likeness (QED) is 0.337. The molecule has 2 aromatic heterocycles. The van der Waals surface area contributed by atoms with Gasteiger partial charge in [0.05, 0.1) is 18.6 Å². The van der Waals surface area contributed by atoms with Crippen LogP contribution >= 0.6 is 11.3 Å². The van der Waals surface area contributed by atoms with Gasteiger partial charge in [-0.2, -0.15) is 0 Å². The van der Waals surface area contributed by atoms with Crippen molar-refractivity contribution in [2.45, 2.75) is 44.8 Å². The largest absolute Gasteiger partial charge is 0.334 e. The zero-order valence-corrected chi connectivity index (χ0v) is 22.1. The Hall–Kier alpha value is -4.43. The van der Waals surface area contributed by atoms with Crippen LogP contribution in [0.1, 0.15) is 63.4 Å². The lowest BCUT2D eigenvalue weighted by molar-refractivity contribution is -0.121. The number of hydrogen-bond donors (Lipinski definition) is 1. The molecule has 0 spiro atoms. The minimum Gasteiger partial charge on any atom is -0.334 e. The maximum atomic E-state index is 15.3. The molecule has 7 nitrogen and oxygen atoms in total. The van der Waals surface area contributed by atoms with Gasteiger partial charge in [-0.15, -0.1) is 11.3 Å². The van der Waals surface area contributed by atoms with Crippen LogP contribution in [0, 0.1) is 17.7 Å². The number of benzene rings is 2. The first-order chi connectivity index (χ1) is 19.2. The third-order valence-electron chi connectivity index (χ3n) is 7.03. The molecule has 11 heteroatoms. The van der Waals surface area contributed by atoms with E-state index in [9.17, 15) is 18.4 Å². The molecular weight excluding hydrogens is 539 g/mol. The third kappa shape index (κ3) is 4.75. The number of hydrogen-bond acceptors (Lipinski definition) is 5. The van der Waals surface area contributed by atoms with Crippen molar-refractivity contribution in [1.82, 2.24) is 19.4 Å². The number of alkyl halides is 2. The number of nitrogens with one attached hydrogen (secondary N) is 1. The number of amides is 2. The molecule has 1 unspecified atom stereocenters. The van der Waals surface area contributed by atoms with Gasteiger partial charge >= 0.3 is 0 Å². The molecule has 0 radical (unpaired) electrons. The Morgan fingerprint density at radius 1 is 1.15 bits per heavy atom. The Morgan fingerprint density at radius 3 is 2.65 bits per heavy atom. The smallest absolute Gasteiger partial charge is 0.270 e. The van der Waals surface area contributed by atoms with E-state index in [1.54, 1.807) is 17.9 Å². The lowest BCUT2D eigenvalue weighted by Gasteiger charge is -2.26. The van der Waals surface area contributed by atoms with E-state index in [2.05, 4.69) is 27.1 Å². The van der Waals surface area contributed by atoms with Crippen molar-refractivity contribution >= 4 is 28.3 Å². The fraction of sp³-hybridized carbons (Fsp3) is 0.241. The molecule has 0 bridgehead atoms. The first-order valence-corrected chi connectivity index (χ1v) is 13.4. The monoisotopic (exact) mass is 561 g/mol. The van der Waals surface area contributed by atoms with Crippen molar-refractivity contribution in [3.8, 4) is 11.8 Å². The summed E-state index contributed by atoms with van der Waals surface area (Å²) >= 11 is 1.25. The van der Waals surface area contributed by atoms with Crippen LogP contribution in [0.4, 0.5) is 18.3 Å². The molecular formula is C29H22F3N5O2S. The van der Waals surface area contributed by atoms with E-state index in [0.717, 1.165) is 32.0 Å². The van der Waals surface area contributed by atoms with Crippen LogP contribution in [0.25, 0.3) is 0 Å². The van der Waals surface area contributed by atoms with Crippen molar-refractivity contribution in [2.24, 2.45) is 0 Å². The molecule has 1 N–H and O–H groups in total. The van der Waals surface area contributed by atoms with Crippen LogP contribution in [0.3, 0.4) is 0 Å². The second-order valence-corrected chi connectivity index (χ2v) is 10.6. The van der Waals surface area contributed by atoms with E-state index in [4.69, 9.17) is 0 Å². The number of anilines is 1. The highest BCUT2D eigenvalue weighted by Crippen LogP contribution is 2.36. The maximum absolute atomic E-state index is 15.3. The minimum absolute atomic E-state index is 0.108. The van der Waals surface area contributed by atoms with E-state index in [-0.39, 0.29) is 28.8 Å². The van der Waals surface area contributed by atoms with E-state index < -0.39 is 29.6 Å². The number of thiazole rings is 1. The van der Waals surface area contributed by atoms with Crippen LogP contribution < -0.4 is 5.32 Å². The summed E-state index contributed by atoms with van der Waals surface area (Å²) in [5, 5.41) is 4.87. The highest BCUT2D eigenvalue weighted by Gasteiger charge is 2.42. The summed E-state index contributed by atoms with van der Waals surface area (Å²) in [5.74, 6) is 1.08. The molecule has 6 rings (SSSR count). The highest BCUT2D eigenvalue weighted by atomic mass is 32.1. The molecule has 4 heterocycles. The zero-order chi connectivity index (χ0) is 28.0. The maximum Gasteiger partial charge on any atom is 0.270 e. The van der Waals surface area contributed by atoms with Gasteiger partial charge in [-0.05, 0) is 37.1 Å². The standard InChI is InChI=1S/C29H22F3N5O2S/c1-29(31,32)19-8-6-17(7-9-19)4-5-18-13-20-21(22(30)14-18)15-37(27(20)39)25(26(38)35-28-33-10-12-40-28)24-23-3-2-11-36(23)16-34-24/h6-10,12-14,16,25H,2-3,11,15H2,1H3,(H,33,35,38). The van der Waals surface area contributed by atoms with Crippen LogP contribution in [0.5, 0.6) is 0 Å². The van der Waals surface area contributed by atoms with E-state index in [1.165, 1.54) is 52.6 Å².